The molecule has 1 aromatic heterocycles. The molecule has 30 heavy (non-hydrogen) atoms. The van der Waals surface area contributed by atoms with E-state index in [-0.39, 0.29) is 0 Å². The van der Waals surface area contributed by atoms with Crippen LogP contribution in [-0.2, 0) is 12.1 Å². The van der Waals surface area contributed by atoms with Crippen molar-refractivity contribution < 1.29 is 61.6 Å². The number of halogens is 13. The SMILES string of the molecule is CC(C)(C)n1cc[n+](CCC(F)(F)C(F)(F)C(F)(F)C(F)(F)C(F)(F)C(F)(F)F)c1. The Morgan fingerprint density at radius 3 is 1.47 bits per heavy atom. The van der Waals surface area contributed by atoms with Crippen LogP contribution in [0.15, 0.2) is 18.7 Å². The fourth-order valence-corrected chi connectivity index (χ4v) is 2.15. The van der Waals surface area contributed by atoms with Crippen molar-refractivity contribution in [1.29, 1.82) is 0 Å². The molecule has 15 heteroatoms. The molecule has 1 aromatic rings. The van der Waals surface area contributed by atoms with E-state index in [4.69, 9.17) is 0 Å². The fraction of sp³-hybridized carbons (Fsp3) is 0.800. The van der Waals surface area contributed by atoms with Gasteiger partial charge in [0, 0.05) is 0 Å². The normalized spacial score (nSPS) is 15.6. The summed E-state index contributed by atoms with van der Waals surface area (Å²) < 4.78 is 171. The van der Waals surface area contributed by atoms with Gasteiger partial charge in [-0.1, -0.05) is 0 Å². The third-order valence-electron chi connectivity index (χ3n) is 4.15. The van der Waals surface area contributed by atoms with E-state index in [2.05, 4.69) is 0 Å². The van der Waals surface area contributed by atoms with Crippen molar-refractivity contribution in [3.63, 3.8) is 0 Å². The summed E-state index contributed by atoms with van der Waals surface area (Å²) in [7, 11) is 0. The second-order valence-electron chi connectivity index (χ2n) is 7.48. The highest BCUT2D eigenvalue weighted by molar-refractivity contribution is 5.10. The number of hydrogen-bond donors (Lipinski definition) is 0. The molecule has 0 saturated carbocycles. The molecule has 0 fully saturated rings. The fourth-order valence-electron chi connectivity index (χ4n) is 2.15. The molecule has 0 N–H and O–H groups in total. The summed E-state index contributed by atoms with van der Waals surface area (Å²) in [4.78, 5) is 0. The van der Waals surface area contributed by atoms with Crippen LogP contribution in [-0.4, -0.2) is 40.4 Å². The summed E-state index contributed by atoms with van der Waals surface area (Å²) in [6, 6.07) is 0. The zero-order chi connectivity index (χ0) is 24.2. The van der Waals surface area contributed by atoms with Crippen LogP contribution in [0.25, 0.3) is 0 Å². The maximum atomic E-state index is 13.7. The lowest BCUT2D eigenvalue weighted by atomic mass is 9.92. The highest BCUT2D eigenvalue weighted by atomic mass is 19.4. The maximum absolute atomic E-state index is 13.7. The van der Waals surface area contributed by atoms with Gasteiger partial charge in [-0.15, -0.1) is 0 Å². The zero-order valence-corrected chi connectivity index (χ0v) is 15.5. The third kappa shape index (κ3) is 4.07. The van der Waals surface area contributed by atoms with Crippen LogP contribution < -0.4 is 4.57 Å². The first-order chi connectivity index (χ1) is 12.9. The first kappa shape index (κ1) is 26.3. The molecule has 1 rings (SSSR count). The monoisotopic (exact) mass is 471 g/mol. The van der Waals surface area contributed by atoms with Gasteiger partial charge in [0.1, 0.15) is 17.9 Å². The number of rotatable bonds is 7. The van der Waals surface area contributed by atoms with E-state index in [1.165, 1.54) is 10.8 Å². The van der Waals surface area contributed by atoms with E-state index in [1.807, 2.05) is 0 Å². The zero-order valence-electron chi connectivity index (χ0n) is 15.5. The largest absolute Gasteiger partial charge is 0.460 e. The highest BCUT2D eigenvalue weighted by Crippen LogP contribution is 2.60. The van der Waals surface area contributed by atoms with Gasteiger partial charge in [-0.25, -0.2) is 9.13 Å². The van der Waals surface area contributed by atoms with Gasteiger partial charge in [0.2, 0.25) is 6.33 Å². The summed E-state index contributed by atoms with van der Waals surface area (Å²) in [5.41, 5.74) is -0.615. The van der Waals surface area contributed by atoms with Crippen LogP contribution in [0, 0.1) is 0 Å². The number of imidazole rings is 1. The van der Waals surface area contributed by atoms with Crippen molar-refractivity contribution in [3.8, 4) is 0 Å². The molecular formula is C15H16F13N2+. The highest BCUT2D eigenvalue weighted by Gasteiger charge is 2.90. The minimum absolute atomic E-state index is 0.615. The molecule has 176 valence electrons. The molecule has 0 aliphatic carbocycles. The molecule has 0 atom stereocenters. The van der Waals surface area contributed by atoms with E-state index < -0.39 is 54.3 Å². The Morgan fingerprint density at radius 2 is 1.10 bits per heavy atom. The predicted octanol–water partition coefficient (Wildman–Crippen LogP) is 5.66. The summed E-state index contributed by atoms with van der Waals surface area (Å²) in [5, 5.41) is 0. The molecule has 2 nitrogen and oxygen atoms in total. The Kier molecular flexibility index (Phi) is 6.30. The molecular weight excluding hydrogens is 455 g/mol. The standard InChI is InChI=1S/C15H16F13N2/c1-9(2,3)30-7-6-29(8-30)5-4-10(16,17)11(18,19)12(20,21)13(22,23)14(24,25)15(26,27)28/h6-8H,4-5H2,1-3H3/q+1. The number of nitrogens with zero attached hydrogens (tertiary/aromatic N) is 2. The Hall–Kier alpha value is -1.70. The van der Waals surface area contributed by atoms with E-state index >= 15 is 0 Å². The summed E-state index contributed by atoms with van der Waals surface area (Å²) in [6.07, 6.45) is -6.26. The lowest BCUT2D eigenvalue weighted by molar-refractivity contribution is -0.700. The Labute approximate surface area is 161 Å². The van der Waals surface area contributed by atoms with E-state index in [1.54, 1.807) is 20.8 Å². The molecule has 0 aliphatic rings. The van der Waals surface area contributed by atoms with Crippen molar-refractivity contribution in [2.45, 2.75) is 75.1 Å². The van der Waals surface area contributed by atoms with Gasteiger partial charge in [-0.2, -0.15) is 57.1 Å². The van der Waals surface area contributed by atoms with Crippen molar-refractivity contribution in [1.82, 2.24) is 4.57 Å². The van der Waals surface area contributed by atoms with Gasteiger partial charge in [0.05, 0.1) is 13.0 Å². The van der Waals surface area contributed by atoms with E-state index in [9.17, 15) is 57.1 Å². The van der Waals surface area contributed by atoms with Gasteiger partial charge in [-0.3, -0.25) is 0 Å². The van der Waals surface area contributed by atoms with Crippen LogP contribution in [0.2, 0.25) is 0 Å². The Balaban J connectivity index is 3.21. The van der Waals surface area contributed by atoms with Crippen molar-refractivity contribution in [2.75, 3.05) is 0 Å². The van der Waals surface area contributed by atoms with Crippen LogP contribution >= 0.6 is 0 Å². The summed E-state index contributed by atoms with van der Waals surface area (Å²) in [6.45, 7) is 3.76. The van der Waals surface area contributed by atoms with Gasteiger partial charge < -0.3 is 0 Å². The maximum Gasteiger partial charge on any atom is 0.460 e. The van der Waals surface area contributed by atoms with Crippen LogP contribution in [0.4, 0.5) is 57.1 Å². The third-order valence-corrected chi connectivity index (χ3v) is 4.15. The lowest BCUT2D eigenvalue weighted by Crippen LogP contribution is -2.70. The lowest BCUT2D eigenvalue weighted by Gasteiger charge is -2.39. The summed E-state index contributed by atoms with van der Waals surface area (Å²) >= 11 is 0. The first-order valence-electron chi connectivity index (χ1n) is 7.97. The van der Waals surface area contributed by atoms with E-state index in [0.717, 1.165) is 17.1 Å². The average molecular weight is 471 g/mol. The minimum Gasteiger partial charge on any atom is -0.237 e. The van der Waals surface area contributed by atoms with Gasteiger partial charge in [-0.05, 0) is 20.8 Å². The quantitative estimate of drug-likeness (QED) is 0.359. The van der Waals surface area contributed by atoms with Crippen LogP contribution in [0.3, 0.4) is 0 Å². The van der Waals surface area contributed by atoms with Crippen molar-refractivity contribution >= 4 is 0 Å². The molecule has 0 unspecified atom stereocenters. The van der Waals surface area contributed by atoms with Crippen molar-refractivity contribution in [2.24, 2.45) is 0 Å². The molecule has 0 spiro atoms. The minimum atomic E-state index is -7.87. The van der Waals surface area contributed by atoms with Gasteiger partial charge in [0.15, 0.2) is 0 Å². The predicted molar refractivity (Wildman–Crippen MR) is 75.0 cm³/mol. The van der Waals surface area contributed by atoms with Crippen LogP contribution in [0.5, 0.6) is 0 Å². The second kappa shape index (κ2) is 7.18. The molecule has 1 heterocycles. The number of alkyl halides is 13. The number of aromatic nitrogens is 2. The summed E-state index contributed by atoms with van der Waals surface area (Å²) in [5.74, 6) is -36.6. The molecule has 0 saturated heterocycles. The molecule has 0 aromatic carbocycles. The first-order valence-corrected chi connectivity index (χ1v) is 7.97. The van der Waals surface area contributed by atoms with Crippen molar-refractivity contribution in [3.05, 3.63) is 18.7 Å². The molecule has 0 aliphatic heterocycles. The number of aryl methyl sites for hydroxylation is 1. The molecule has 0 bridgehead atoms. The molecule has 0 radical (unpaired) electrons. The van der Waals surface area contributed by atoms with Gasteiger partial charge >= 0.3 is 35.8 Å². The topological polar surface area (TPSA) is 8.81 Å². The Bertz CT molecular complexity index is 740. The van der Waals surface area contributed by atoms with Gasteiger partial charge in [0.25, 0.3) is 0 Å². The smallest absolute Gasteiger partial charge is 0.237 e. The average Bonchev–Trinajstić information content (AvgIpc) is 3.00. The second-order valence-corrected chi connectivity index (χ2v) is 7.48. The molecule has 0 amide bonds. The van der Waals surface area contributed by atoms with Crippen LogP contribution in [0.1, 0.15) is 27.2 Å². The Morgan fingerprint density at radius 1 is 0.667 bits per heavy atom. The van der Waals surface area contributed by atoms with E-state index in [0.29, 0.717) is 0 Å². The number of hydrogen-bond acceptors (Lipinski definition) is 0.